The summed E-state index contributed by atoms with van der Waals surface area (Å²) in [7, 11) is 0. The van der Waals surface area contributed by atoms with Crippen molar-refractivity contribution in [2.45, 2.75) is 6.18 Å². The zero-order chi connectivity index (χ0) is 15.8. The SMILES string of the molecule is C=CCNC(=O)NC(=O)CN(CC(=O)O)CC(F)(F)F. The van der Waals surface area contributed by atoms with Gasteiger partial charge in [0.1, 0.15) is 0 Å². The Bertz CT molecular complexity index is 384. The molecule has 0 aliphatic rings. The molecule has 0 aromatic heterocycles. The predicted molar refractivity (Wildman–Crippen MR) is 61.9 cm³/mol. The highest BCUT2D eigenvalue weighted by Crippen LogP contribution is 2.16. The van der Waals surface area contributed by atoms with Crippen LogP contribution < -0.4 is 10.6 Å². The molecule has 0 aromatic rings. The number of nitrogens with zero attached hydrogens (tertiary/aromatic N) is 1. The molecule has 3 amide bonds. The van der Waals surface area contributed by atoms with E-state index in [4.69, 9.17) is 5.11 Å². The summed E-state index contributed by atoms with van der Waals surface area (Å²) >= 11 is 0. The minimum Gasteiger partial charge on any atom is -0.480 e. The van der Waals surface area contributed by atoms with Crippen LogP contribution in [0.15, 0.2) is 12.7 Å². The van der Waals surface area contributed by atoms with E-state index in [0.29, 0.717) is 4.90 Å². The van der Waals surface area contributed by atoms with Gasteiger partial charge < -0.3 is 10.4 Å². The van der Waals surface area contributed by atoms with Crippen molar-refractivity contribution in [3.05, 3.63) is 12.7 Å². The minimum absolute atomic E-state index is 0.0699. The quantitative estimate of drug-likeness (QED) is 0.572. The van der Waals surface area contributed by atoms with Crippen molar-refractivity contribution in [3.63, 3.8) is 0 Å². The Morgan fingerprint density at radius 3 is 2.30 bits per heavy atom. The van der Waals surface area contributed by atoms with Gasteiger partial charge in [-0.05, 0) is 0 Å². The van der Waals surface area contributed by atoms with Gasteiger partial charge in [0.05, 0.1) is 19.6 Å². The standard InChI is InChI=1S/C10H14F3N3O4/c1-2-3-14-9(20)15-7(17)4-16(5-8(18)19)6-10(11,12)13/h2H,1,3-6H2,(H,18,19)(H2,14,15,17,20). The number of carbonyl (C=O) groups is 3. The third-order valence-corrected chi connectivity index (χ3v) is 1.79. The van der Waals surface area contributed by atoms with E-state index in [1.807, 2.05) is 0 Å². The molecular weight excluding hydrogens is 283 g/mol. The molecule has 0 atom stereocenters. The first-order valence-electron chi connectivity index (χ1n) is 5.33. The number of hydrogen-bond acceptors (Lipinski definition) is 4. The van der Waals surface area contributed by atoms with Crippen LogP contribution in [0.5, 0.6) is 0 Å². The summed E-state index contributed by atoms with van der Waals surface area (Å²) in [6.45, 7) is -0.0300. The highest BCUT2D eigenvalue weighted by atomic mass is 19.4. The Morgan fingerprint density at radius 2 is 1.85 bits per heavy atom. The van der Waals surface area contributed by atoms with Crippen molar-refractivity contribution >= 4 is 17.9 Å². The maximum Gasteiger partial charge on any atom is 0.401 e. The molecule has 114 valence electrons. The molecule has 0 aliphatic carbocycles. The number of halogens is 3. The zero-order valence-electron chi connectivity index (χ0n) is 10.4. The maximum absolute atomic E-state index is 12.2. The minimum atomic E-state index is -4.65. The van der Waals surface area contributed by atoms with Crippen LogP contribution >= 0.6 is 0 Å². The van der Waals surface area contributed by atoms with Gasteiger partial charge in [-0.2, -0.15) is 13.2 Å². The number of carboxylic acids is 1. The molecule has 10 heteroatoms. The van der Waals surface area contributed by atoms with Gasteiger partial charge in [-0.3, -0.25) is 19.8 Å². The Balaban J connectivity index is 4.41. The molecule has 0 fully saturated rings. The van der Waals surface area contributed by atoms with E-state index >= 15 is 0 Å². The number of imide groups is 1. The van der Waals surface area contributed by atoms with Crippen LogP contribution in [0.2, 0.25) is 0 Å². The number of carboxylic acid groups (broad SMARTS) is 1. The second kappa shape index (κ2) is 8.15. The number of urea groups is 1. The van der Waals surface area contributed by atoms with Crippen molar-refractivity contribution in [1.29, 1.82) is 0 Å². The lowest BCUT2D eigenvalue weighted by Gasteiger charge is -2.20. The summed E-state index contributed by atoms with van der Waals surface area (Å²) in [5, 5.41) is 12.4. The van der Waals surface area contributed by atoms with Crippen molar-refractivity contribution in [2.75, 3.05) is 26.2 Å². The van der Waals surface area contributed by atoms with E-state index in [1.54, 1.807) is 5.32 Å². The Labute approximate surface area is 112 Å². The molecule has 0 spiro atoms. The van der Waals surface area contributed by atoms with Gasteiger partial charge >= 0.3 is 18.2 Å². The van der Waals surface area contributed by atoms with E-state index in [1.165, 1.54) is 6.08 Å². The van der Waals surface area contributed by atoms with Gasteiger partial charge in [-0.15, -0.1) is 6.58 Å². The lowest BCUT2D eigenvalue weighted by molar-refractivity contribution is -0.155. The number of nitrogens with one attached hydrogen (secondary N) is 2. The van der Waals surface area contributed by atoms with Crippen LogP contribution in [-0.2, 0) is 9.59 Å². The number of rotatable bonds is 7. The molecule has 0 heterocycles. The number of alkyl halides is 3. The molecule has 0 bridgehead atoms. The second-order valence-electron chi connectivity index (χ2n) is 3.70. The molecule has 0 radical (unpaired) electrons. The first-order chi connectivity index (χ1) is 9.14. The summed E-state index contributed by atoms with van der Waals surface area (Å²) in [5.41, 5.74) is 0. The van der Waals surface area contributed by atoms with Crippen LogP contribution in [-0.4, -0.2) is 60.3 Å². The molecule has 0 aromatic carbocycles. The Kier molecular flexibility index (Phi) is 7.29. The molecule has 0 saturated heterocycles. The number of hydrogen-bond donors (Lipinski definition) is 3. The first kappa shape index (κ1) is 17.9. The van der Waals surface area contributed by atoms with Crippen molar-refractivity contribution in [1.82, 2.24) is 15.5 Å². The highest BCUT2D eigenvalue weighted by Gasteiger charge is 2.32. The molecule has 0 unspecified atom stereocenters. The van der Waals surface area contributed by atoms with Crippen LogP contribution in [0.4, 0.5) is 18.0 Å². The highest BCUT2D eigenvalue weighted by molar-refractivity contribution is 5.95. The molecule has 20 heavy (non-hydrogen) atoms. The van der Waals surface area contributed by atoms with Crippen molar-refractivity contribution < 1.29 is 32.7 Å². The van der Waals surface area contributed by atoms with E-state index in [9.17, 15) is 27.6 Å². The average molecular weight is 297 g/mol. The molecule has 0 aliphatic heterocycles. The van der Waals surface area contributed by atoms with E-state index in [-0.39, 0.29) is 6.54 Å². The molecule has 7 nitrogen and oxygen atoms in total. The van der Waals surface area contributed by atoms with Gasteiger partial charge in [0, 0.05) is 6.54 Å². The number of aliphatic carboxylic acids is 1. The van der Waals surface area contributed by atoms with Crippen molar-refractivity contribution in [3.8, 4) is 0 Å². The van der Waals surface area contributed by atoms with E-state index in [0.717, 1.165) is 0 Å². The predicted octanol–water partition coefficient (Wildman–Crippen LogP) is -0.0529. The molecular formula is C10H14F3N3O4. The fourth-order valence-corrected chi connectivity index (χ4v) is 1.19. The van der Waals surface area contributed by atoms with E-state index in [2.05, 4.69) is 11.9 Å². The molecule has 3 N–H and O–H groups in total. The fourth-order valence-electron chi connectivity index (χ4n) is 1.19. The first-order valence-corrected chi connectivity index (χ1v) is 5.33. The van der Waals surface area contributed by atoms with Gasteiger partial charge in [0.25, 0.3) is 0 Å². The Hall–Kier alpha value is -2.10. The maximum atomic E-state index is 12.2. The monoisotopic (exact) mass is 297 g/mol. The fraction of sp³-hybridized carbons (Fsp3) is 0.500. The third kappa shape index (κ3) is 9.88. The smallest absolute Gasteiger partial charge is 0.401 e. The van der Waals surface area contributed by atoms with Crippen LogP contribution in [0.25, 0.3) is 0 Å². The van der Waals surface area contributed by atoms with Gasteiger partial charge in [-0.25, -0.2) is 4.79 Å². The Morgan fingerprint density at radius 1 is 1.25 bits per heavy atom. The summed E-state index contributed by atoms with van der Waals surface area (Å²) < 4.78 is 36.5. The summed E-state index contributed by atoms with van der Waals surface area (Å²) in [6.07, 6.45) is -3.31. The van der Waals surface area contributed by atoms with Gasteiger partial charge in [0.2, 0.25) is 5.91 Å². The third-order valence-electron chi connectivity index (χ3n) is 1.79. The number of amides is 3. The second-order valence-corrected chi connectivity index (χ2v) is 3.70. The van der Waals surface area contributed by atoms with Gasteiger partial charge in [-0.1, -0.05) is 6.08 Å². The number of carbonyl (C=O) groups excluding carboxylic acids is 2. The topological polar surface area (TPSA) is 98.7 Å². The van der Waals surface area contributed by atoms with Crippen LogP contribution in [0.1, 0.15) is 0 Å². The lowest BCUT2D eigenvalue weighted by Crippen LogP contribution is -2.47. The lowest BCUT2D eigenvalue weighted by atomic mass is 10.4. The summed E-state index contributed by atoms with van der Waals surface area (Å²) in [4.78, 5) is 33.1. The van der Waals surface area contributed by atoms with Crippen LogP contribution in [0.3, 0.4) is 0 Å². The molecule has 0 saturated carbocycles. The molecule has 0 rings (SSSR count). The van der Waals surface area contributed by atoms with E-state index < -0.39 is 43.7 Å². The average Bonchev–Trinajstić information content (AvgIpc) is 2.22. The van der Waals surface area contributed by atoms with Crippen LogP contribution in [0, 0.1) is 0 Å². The van der Waals surface area contributed by atoms with Gasteiger partial charge in [0.15, 0.2) is 0 Å². The largest absolute Gasteiger partial charge is 0.480 e. The normalized spacial score (nSPS) is 11.0. The summed E-state index contributed by atoms with van der Waals surface area (Å²) in [5.74, 6) is -2.56. The zero-order valence-corrected chi connectivity index (χ0v) is 10.4. The summed E-state index contributed by atoms with van der Waals surface area (Å²) in [6, 6.07) is -0.905. The van der Waals surface area contributed by atoms with Crippen molar-refractivity contribution in [2.24, 2.45) is 0 Å².